The maximum absolute atomic E-state index is 11.0. The third-order valence-electron chi connectivity index (χ3n) is 3.74. The molecule has 1 saturated heterocycles. The van der Waals surface area contributed by atoms with Crippen molar-refractivity contribution >= 4 is 11.7 Å². The maximum Gasteiger partial charge on any atom is 0.305 e. The van der Waals surface area contributed by atoms with Gasteiger partial charge in [-0.3, -0.25) is 4.79 Å². The monoisotopic (exact) mass is 262 g/mol. The first-order chi connectivity index (χ1) is 8.99. The highest BCUT2D eigenvalue weighted by molar-refractivity contribution is 5.69. The zero-order valence-electron chi connectivity index (χ0n) is 11.8. The lowest BCUT2D eigenvalue weighted by atomic mass is 10.0. The first-order valence-electron chi connectivity index (χ1n) is 6.77. The Bertz CT molecular complexity index is 473. The average molecular weight is 262 g/mol. The fourth-order valence-corrected chi connectivity index (χ4v) is 2.82. The molecule has 2 atom stereocenters. The fraction of sp³-hybridized carbons (Fsp3) is 0.533. The second kappa shape index (κ2) is 5.61. The van der Waals surface area contributed by atoms with Gasteiger partial charge in [-0.2, -0.15) is 0 Å². The number of carboxylic acid groups (broad SMARTS) is 1. The molecule has 4 heteroatoms. The quantitative estimate of drug-likeness (QED) is 0.874. The van der Waals surface area contributed by atoms with Crippen LogP contribution in [-0.4, -0.2) is 36.2 Å². The molecular weight excluding hydrogens is 240 g/mol. The summed E-state index contributed by atoms with van der Waals surface area (Å²) < 4.78 is 0. The van der Waals surface area contributed by atoms with Crippen molar-refractivity contribution in [3.8, 4) is 0 Å². The lowest BCUT2D eigenvalue weighted by Gasteiger charge is -2.43. The van der Waals surface area contributed by atoms with E-state index in [1.54, 1.807) is 0 Å². The Hall–Kier alpha value is -1.55. The molecule has 2 N–H and O–H groups in total. The Labute approximate surface area is 114 Å². The number of carboxylic acids is 1. The van der Waals surface area contributed by atoms with Crippen LogP contribution in [0.3, 0.4) is 0 Å². The van der Waals surface area contributed by atoms with E-state index < -0.39 is 5.97 Å². The average Bonchev–Trinajstić information content (AvgIpc) is 2.32. The second-order valence-electron chi connectivity index (χ2n) is 5.46. The van der Waals surface area contributed by atoms with Gasteiger partial charge in [-0.05, 0) is 38.0 Å². The maximum atomic E-state index is 11.0. The van der Waals surface area contributed by atoms with Gasteiger partial charge in [-0.1, -0.05) is 12.1 Å². The summed E-state index contributed by atoms with van der Waals surface area (Å²) in [6.45, 7) is 7.92. The Morgan fingerprint density at radius 3 is 2.84 bits per heavy atom. The molecule has 2 rings (SSSR count). The van der Waals surface area contributed by atoms with E-state index in [1.165, 1.54) is 16.8 Å². The normalized spacial score (nSPS) is 23.4. The van der Waals surface area contributed by atoms with Gasteiger partial charge in [0.25, 0.3) is 0 Å². The van der Waals surface area contributed by atoms with Crippen molar-refractivity contribution in [2.75, 3.05) is 18.0 Å². The van der Waals surface area contributed by atoms with Crippen molar-refractivity contribution in [1.82, 2.24) is 5.32 Å². The third-order valence-corrected chi connectivity index (χ3v) is 3.74. The summed E-state index contributed by atoms with van der Waals surface area (Å²) in [6, 6.07) is 6.68. The largest absolute Gasteiger partial charge is 0.481 e. The van der Waals surface area contributed by atoms with Gasteiger partial charge in [0.2, 0.25) is 0 Å². The second-order valence-corrected chi connectivity index (χ2v) is 5.46. The summed E-state index contributed by atoms with van der Waals surface area (Å²) in [5, 5.41) is 12.4. The van der Waals surface area contributed by atoms with Crippen LogP contribution in [0, 0.1) is 13.8 Å². The molecular formula is C15H22N2O2. The molecule has 0 spiro atoms. The first-order valence-corrected chi connectivity index (χ1v) is 6.77. The SMILES string of the molecule is Cc1ccc(C)c(N2C(C)CNCC2CC(=O)O)c1. The summed E-state index contributed by atoms with van der Waals surface area (Å²) in [7, 11) is 0. The Kier molecular flexibility index (Phi) is 4.10. The van der Waals surface area contributed by atoms with E-state index in [9.17, 15) is 4.79 Å². The predicted molar refractivity (Wildman–Crippen MR) is 76.8 cm³/mol. The van der Waals surface area contributed by atoms with E-state index in [0.717, 1.165) is 13.1 Å². The van der Waals surface area contributed by atoms with E-state index in [0.29, 0.717) is 6.04 Å². The first kappa shape index (κ1) is 13.9. The molecule has 1 aliphatic heterocycles. The van der Waals surface area contributed by atoms with E-state index in [2.05, 4.69) is 49.2 Å². The molecule has 1 heterocycles. The van der Waals surface area contributed by atoms with Crippen LogP contribution < -0.4 is 10.2 Å². The number of benzene rings is 1. The van der Waals surface area contributed by atoms with Crippen molar-refractivity contribution in [2.45, 2.75) is 39.3 Å². The third kappa shape index (κ3) is 3.07. The van der Waals surface area contributed by atoms with Crippen LogP contribution in [0.4, 0.5) is 5.69 Å². The highest BCUT2D eigenvalue weighted by atomic mass is 16.4. The van der Waals surface area contributed by atoms with Crippen LogP contribution >= 0.6 is 0 Å². The van der Waals surface area contributed by atoms with Crippen LogP contribution in [0.25, 0.3) is 0 Å². The van der Waals surface area contributed by atoms with Gasteiger partial charge in [-0.15, -0.1) is 0 Å². The Morgan fingerprint density at radius 2 is 2.16 bits per heavy atom. The molecule has 1 aromatic carbocycles. The van der Waals surface area contributed by atoms with Gasteiger partial charge in [-0.25, -0.2) is 0 Å². The van der Waals surface area contributed by atoms with Crippen molar-refractivity contribution < 1.29 is 9.90 Å². The minimum absolute atomic E-state index is 0.0155. The molecule has 0 amide bonds. The summed E-state index contributed by atoms with van der Waals surface area (Å²) in [6.07, 6.45) is 0.171. The summed E-state index contributed by atoms with van der Waals surface area (Å²) in [5.74, 6) is -0.740. The van der Waals surface area contributed by atoms with Crippen molar-refractivity contribution in [3.05, 3.63) is 29.3 Å². The van der Waals surface area contributed by atoms with Crippen LogP contribution in [0.2, 0.25) is 0 Å². The van der Waals surface area contributed by atoms with Crippen molar-refractivity contribution in [2.24, 2.45) is 0 Å². The molecule has 0 aromatic heterocycles. The highest BCUT2D eigenvalue weighted by Crippen LogP contribution is 2.28. The standard InChI is InChI=1S/C15H22N2O2/c1-10-4-5-11(2)14(6-10)17-12(3)8-16-9-13(17)7-15(18)19/h4-6,12-13,16H,7-9H2,1-3H3,(H,18,19). The van der Waals surface area contributed by atoms with Gasteiger partial charge < -0.3 is 15.3 Å². The van der Waals surface area contributed by atoms with Gasteiger partial charge in [0.15, 0.2) is 0 Å². The molecule has 104 valence electrons. The van der Waals surface area contributed by atoms with Gasteiger partial charge in [0, 0.05) is 24.8 Å². The summed E-state index contributed by atoms with van der Waals surface area (Å²) in [4.78, 5) is 13.3. The summed E-state index contributed by atoms with van der Waals surface area (Å²) in [5.41, 5.74) is 3.58. The minimum Gasteiger partial charge on any atom is -0.481 e. The molecule has 0 radical (unpaired) electrons. The molecule has 19 heavy (non-hydrogen) atoms. The topological polar surface area (TPSA) is 52.6 Å². The number of hydrogen-bond acceptors (Lipinski definition) is 3. The van der Waals surface area contributed by atoms with E-state index >= 15 is 0 Å². The van der Waals surface area contributed by atoms with Crippen LogP contribution in [0.15, 0.2) is 18.2 Å². The highest BCUT2D eigenvalue weighted by Gasteiger charge is 2.30. The fourth-order valence-electron chi connectivity index (χ4n) is 2.82. The number of nitrogens with one attached hydrogen (secondary N) is 1. The number of hydrogen-bond donors (Lipinski definition) is 2. The summed E-state index contributed by atoms with van der Waals surface area (Å²) >= 11 is 0. The number of aryl methyl sites for hydroxylation is 2. The smallest absolute Gasteiger partial charge is 0.305 e. The Balaban J connectivity index is 2.35. The van der Waals surface area contributed by atoms with Gasteiger partial charge in [0.1, 0.15) is 0 Å². The molecule has 4 nitrogen and oxygen atoms in total. The van der Waals surface area contributed by atoms with Gasteiger partial charge >= 0.3 is 5.97 Å². The van der Waals surface area contributed by atoms with Crippen molar-refractivity contribution in [1.29, 1.82) is 0 Å². The number of anilines is 1. The number of aliphatic carboxylic acids is 1. The van der Waals surface area contributed by atoms with E-state index in [-0.39, 0.29) is 12.5 Å². The molecule has 1 aliphatic rings. The molecule has 0 aliphatic carbocycles. The molecule has 1 aromatic rings. The predicted octanol–water partition coefficient (Wildman–Crippen LogP) is 1.94. The van der Waals surface area contributed by atoms with E-state index in [1.807, 2.05) is 0 Å². The van der Waals surface area contributed by atoms with Crippen LogP contribution in [-0.2, 0) is 4.79 Å². The lowest BCUT2D eigenvalue weighted by Crippen LogP contribution is -2.57. The lowest BCUT2D eigenvalue weighted by molar-refractivity contribution is -0.137. The zero-order valence-corrected chi connectivity index (χ0v) is 11.8. The number of carbonyl (C=O) groups is 1. The van der Waals surface area contributed by atoms with Crippen molar-refractivity contribution in [3.63, 3.8) is 0 Å². The minimum atomic E-state index is -0.740. The number of nitrogens with zero attached hydrogens (tertiary/aromatic N) is 1. The Morgan fingerprint density at radius 1 is 1.42 bits per heavy atom. The molecule has 0 bridgehead atoms. The molecule has 2 unspecified atom stereocenters. The van der Waals surface area contributed by atoms with Crippen LogP contribution in [0.1, 0.15) is 24.5 Å². The molecule has 0 saturated carbocycles. The zero-order chi connectivity index (χ0) is 14.0. The van der Waals surface area contributed by atoms with Crippen LogP contribution in [0.5, 0.6) is 0 Å². The number of rotatable bonds is 3. The van der Waals surface area contributed by atoms with Gasteiger partial charge in [0.05, 0.1) is 12.5 Å². The number of piperazine rings is 1. The molecule has 1 fully saturated rings. The van der Waals surface area contributed by atoms with E-state index in [4.69, 9.17) is 5.11 Å².